The number of hydrogen-bond donors (Lipinski definition) is 1. The SMILES string of the molecule is Cc1nccc(-c2ccc(OCC(C)(CC(C)C)OC(N)=O)c(C(F)(F)F)c2)n1. The fraction of sp³-hybridized carbons (Fsp3) is 0.450. The standard InChI is InChI=1S/C20H24F3N3O3/c1-12(2)10-19(4,29-18(24)27)11-28-17-6-5-14(9-15(17)20(21,22)23)16-7-8-25-13(3)26-16/h5-9,12H,10-11H2,1-4H3,(H2,24,27). The summed E-state index contributed by atoms with van der Waals surface area (Å²) in [5.41, 5.74) is 3.66. The summed E-state index contributed by atoms with van der Waals surface area (Å²) in [6, 6.07) is 5.23. The van der Waals surface area contributed by atoms with Crippen LogP contribution in [-0.4, -0.2) is 28.3 Å². The molecule has 1 aromatic heterocycles. The van der Waals surface area contributed by atoms with E-state index in [1.165, 1.54) is 24.4 Å². The molecule has 1 unspecified atom stereocenters. The Morgan fingerprint density at radius 2 is 1.93 bits per heavy atom. The molecular formula is C20H24F3N3O3. The van der Waals surface area contributed by atoms with Crippen molar-refractivity contribution in [1.82, 2.24) is 9.97 Å². The molecule has 1 aromatic carbocycles. The molecule has 0 saturated heterocycles. The number of aryl methyl sites for hydroxylation is 1. The maximum atomic E-state index is 13.6. The van der Waals surface area contributed by atoms with Gasteiger partial charge >= 0.3 is 12.3 Å². The molecule has 2 N–H and O–H groups in total. The normalized spacial score (nSPS) is 13.8. The van der Waals surface area contributed by atoms with Crippen molar-refractivity contribution in [3.63, 3.8) is 0 Å². The molecule has 1 heterocycles. The van der Waals surface area contributed by atoms with Crippen LogP contribution in [0.5, 0.6) is 5.75 Å². The van der Waals surface area contributed by atoms with Gasteiger partial charge in [-0.3, -0.25) is 0 Å². The lowest BCUT2D eigenvalue weighted by Gasteiger charge is -2.30. The minimum absolute atomic E-state index is 0.105. The van der Waals surface area contributed by atoms with Gasteiger partial charge in [0, 0.05) is 11.8 Å². The second-order valence-electron chi connectivity index (χ2n) is 7.46. The molecule has 0 bridgehead atoms. The molecule has 0 radical (unpaired) electrons. The Kier molecular flexibility index (Phi) is 6.71. The summed E-state index contributed by atoms with van der Waals surface area (Å²) in [6.45, 7) is 6.73. The van der Waals surface area contributed by atoms with E-state index < -0.39 is 23.4 Å². The molecule has 0 saturated carbocycles. The number of amides is 1. The van der Waals surface area contributed by atoms with Gasteiger partial charge in [-0.15, -0.1) is 0 Å². The number of alkyl halides is 3. The van der Waals surface area contributed by atoms with Crippen LogP contribution in [0.1, 0.15) is 38.6 Å². The fourth-order valence-corrected chi connectivity index (χ4v) is 3.12. The highest BCUT2D eigenvalue weighted by Crippen LogP contribution is 2.39. The molecule has 29 heavy (non-hydrogen) atoms. The van der Waals surface area contributed by atoms with Crippen molar-refractivity contribution in [2.75, 3.05) is 6.61 Å². The van der Waals surface area contributed by atoms with E-state index in [1.54, 1.807) is 13.8 Å². The van der Waals surface area contributed by atoms with Gasteiger partial charge in [0.2, 0.25) is 0 Å². The largest absolute Gasteiger partial charge is 0.489 e. The zero-order valence-corrected chi connectivity index (χ0v) is 16.7. The lowest BCUT2D eigenvalue weighted by atomic mass is 9.95. The monoisotopic (exact) mass is 411 g/mol. The van der Waals surface area contributed by atoms with E-state index in [9.17, 15) is 18.0 Å². The maximum absolute atomic E-state index is 13.6. The van der Waals surface area contributed by atoms with Gasteiger partial charge < -0.3 is 15.2 Å². The predicted molar refractivity (Wildman–Crippen MR) is 101 cm³/mol. The molecule has 0 aliphatic rings. The minimum atomic E-state index is -4.65. The topological polar surface area (TPSA) is 87.3 Å². The van der Waals surface area contributed by atoms with E-state index >= 15 is 0 Å². The predicted octanol–water partition coefficient (Wildman–Crippen LogP) is 4.75. The van der Waals surface area contributed by atoms with Crippen molar-refractivity contribution in [2.24, 2.45) is 11.7 Å². The number of nitrogens with two attached hydrogens (primary N) is 1. The van der Waals surface area contributed by atoms with Crippen LogP contribution in [0.15, 0.2) is 30.5 Å². The summed E-state index contributed by atoms with van der Waals surface area (Å²) in [4.78, 5) is 19.3. The molecule has 0 fully saturated rings. The first-order valence-corrected chi connectivity index (χ1v) is 9.02. The second-order valence-corrected chi connectivity index (χ2v) is 7.46. The highest BCUT2D eigenvalue weighted by atomic mass is 19.4. The first-order chi connectivity index (χ1) is 13.4. The third-order valence-corrected chi connectivity index (χ3v) is 4.08. The number of carbonyl (C=O) groups is 1. The fourth-order valence-electron chi connectivity index (χ4n) is 3.12. The highest BCUT2D eigenvalue weighted by Gasteiger charge is 2.36. The Morgan fingerprint density at radius 1 is 1.24 bits per heavy atom. The van der Waals surface area contributed by atoms with Gasteiger partial charge in [-0.05, 0) is 50.5 Å². The molecule has 0 spiro atoms. The Labute approximate surface area is 167 Å². The van der Waals surface area contributed by atoms with E-state index in [2.05, 4.69) is 9.97 Å². The number of aromatic nitrogens is 2. The number of benzene rings is 1. The van der Waals surface area contributed by atoms with Crippen molar-refractivity contribution in [3.05, 3.63) is 41.9 Å². The van der Waals surface area contributed by atoms with E-state index in [1.807, 2.05) is 13.8 Å². The van der Waals surface area contributed by atoms with Gasteiger partial charge in [-0.25, -0.2) is 14.8 Å². The highest BCUT2D eigenvalue weighted by molar-refractivity contribution is 5.65. The molecule has 9 heteroatoms. The van der Waals surface area contributed by atoms with Crippen LogP contribution in [0.3, 0.4) is 0 Å². The summed E-state index contributed by atoms with van der Waals surface area (Å²) in [5, 5.41) is 0. The molecule has 0 aliphatic carbocycles. The Morgan fingerprint density at radius 3 is 2.48 bits per heavy atom. The summed E-state index contributed by atoms with van der Waals surface area (Å²) >= 11 is 0. The van der Waals surface area contributed by atoms with Gasteiger partial charge in [0.1, 0.15) is 23.8 Å². The minimum Gasteiger partial charge on any atom is -0.489 e. The van der Waals surface area contributed by atoms with Crippen molar-refractivity contribution in [1.29, 1.82) is 0 Å². The average Bonchev–Trinajstić information content (AvgIpc) is 2.57. The van der Waals surface area contributed by atoms with Crippen LogP contribution < -0.4 is 10.5 Å². The summed E-state index contributed by atoms with van der Waals surface area (Å²) in [7, 11) is 0. The molecular weight excluding hydrogens is 387 g/mol. The second kappa shape index (κ2) is 8.67. The molecule has 6 nitrogen and oxygen atoms in total. The number of primary amides is 1. The molecule has 2 aromatic rings. The molecule has 2 rings (SSSR count). The lowest BCUT2D eigenvalue weighted by Crippen LogP contribution is -2.41. The van der Waals surface area contributed by atoms with Crippen LogP contribution >= 0.6 is 0 Å². The molecule has 158 valence electrons. The van der Waals surface area contributed by atoms with Crippen LogP contribution in [0, 0.1) is 12.8 Å². The lowest BCUT2D eigenvalue weighted by molar-refractivity contribution is -0.139. The summed E-state index contributed by atoms with van der Waals surface area (Å²) in [5.74, 6) is 0.188. The molecule has 0 aliphatic heterocycles. The van der Waals surface area contributed by atoms with Gasteiger partial charge in [0.25, 0.3) is 0 Å². The number of ether oxygens (including phenoxy) is 2. The van der Waals surface area contributed by atoms with Crippen LogP contribution in [0.25, 0.3) is 11.3 Å². The number of halogens is 3. The third-order valence-electron chi connectivity index (χ3n) is 4.08. The van der Waals surface area contributed by atoms with Crippen LogP contribution in [0.4, 0.5) is 18.0 Å². The zero-order chi connectivity index (χ0) is 21.8. The smallest absolute Gasteiger partial charge is 0.419 e. The number of carbonyl (C=O) groups excluding carboxylic acids is 1. The summed E-state index contributed by atoms with van der Waals surface area (Å²) in [6.07, 6.45) is -3.81. The van der Waals surface area contributed by atoms with Gasteiger partial charge in [0.05, 0.1) is 11.3 Å². The van der Waals surface area contributed by atoms with E-state index in [0.717, 1.165) is 6.07 Å². The van der Waals surface area contributed by atoms with Crippen molar-refractivity contribution in [2.45, 2.75) is 45.9 Å². The Balaban J connectivity index is 2.35. The van der Waals surface area contributed by atoms with E-state index in [0.29, 0.717) is 17.9 Å². The first-order valence-electron chi connectivity index (χ1n) is 9.02. The maximum Gasteiger partial charge on any atom is 0.419 e. The van der Waals surface area contributed by atoms with Gasteiger partial charge in [0.15, 0.2) is 0 Å². The quantitative estimate of drug-likeness (QED) is 0.710. The Bertz CT molecular complexity index is 872. The van der Waals surface area contributed by atoms with Gasteiger partial charge in [-0.1, -0.05) is 13.8 Å². The Hall–Kier alpha value is -2.84. The molecule has 1 atom stereocenters. The number of rotatable bonds is 7. The van der Waals surface area contributed by atoms with Crippen molar-refractivity contribution in [3.8, 4) is 17.0 Å². The van der Waals surface area contributed by atoms with E-state index in [-0.39, 0.29) is 23.8 Å². The van der Waals surface area contributed by atoms with E-state index in [4.69, 9.17) is 15.2 Å². The molecule has 1 amide bonds. The first kappa shape index (κ1) is 22.4. The van der Waals surface area contributed by atoms with Crippen molar-refractivity contribution < 1.29 is 27.4 Å². The third kappa shape index (κ3) is 6.33. The average molecular weight is 411 g/mol. The zero-order valence-electron chi connectivity index (χ0n) is 16.7. The number of nitrogens with zero attached hydrogens (tertiary/aromatic N) is 2. The van der Waals surface area contributed by atoms with Crippen LogP contribution in [-0.2, 0) is 10.9 Å². The summed E-state index contributed by atoms with van der Waals surface area (Å²) < 4.78 is 51.5. The number of hydrogen-bond acceptors (Lipinski definition) is 5. The van der Waals surface area contributed by atoms with Gasteiger partial charge in [-0.2, -0.15) is 13.2 Å². The van der Waals surface area contributed by atoms with Crippen molar-refractivity contribution >= 4 is 6.09 Å². The van der Waals surface area contributed by atoms with Crippen LogP contribution in [0.2, 0.25) is 0 Å².